The Morgan fingerprint density at radius 1 is 0.448 bits per heavy atom. The maximum atomic E-state index is 10.3. The van der Waals surface area contributed by atoms with Crippen molar-refractivity contribution < 1.29 is 133 Å². The minimum atomic E-state index is -2.74. The summed E-state index contributed by atoms with van der Waals surface area (Å²) in [7, 11) is 0. The number of rotatable bonds is 10. The summed E-state index contributed by atoms with van der Waals surface area (Å²) < 4.78 is 0. The van der Waals surface area contributed by atoms with Crippen LogP contribution in [-0.2, 0) is 92.0 Å². The molecule has 0 fully saturated rings. The normalized spacial score (nSPS) is 9.72. The van der Waals surface area contributed by atoms with E-state index in [2.05, 4.69) is 0 Å². The molecule has 166 valence electrons. The quantitative estimate of drug-likeness (QED) is 0.112. The molecule has 0 aliphatic heterocycles. The molecule has 0 heterocycles. The molecule has 0 aromatic heterocycles. The van der Waals surface area contributed by atoms with E-state index in [1.165, 1.54) is 0 Å². The SMILES string of the molecule is O=C(O)CC(O)(CC(=O)O)C(=O)O.O=C(O)CC(O)(CC(=O)O)C(=O)O.[Mo].[Mo].[Mo]. The summed E-state index contributed by atoms with van der Waals surface area (Å²) >= 11 is 0. The Kier molecular flexibility index (Phi) is 22.0. The minimum absolute atomic E-state index is 0. The molecule has 0 saturated carbocycles. The summed E-state index contributed by atoms with van der Waals surface area (Å²) in [5, 5.41) is 67.6. The van der Waals surface area contributed by atoms with Crippen LogP contribution in [0.1, 0.15) is 25.7 Å². The minimum Gasteiger partial charge on any atom is -0.481 e. The van der Waals surface area contributed by atoms with E-state index >= 15 is 0 Å². The molecule has 0 rings (SSSR count). The van der Waals surface area contributed by atoms with Gasteiger partial charge in [-0.15, -0.1) is 0 Å². The van der Waals surface area contributed by atoms with Crippen LogP contribution in [0.25, 0.3) is 0 Å². The molecule has 29 heavy (non-hydrogen) atoms. The first-order valence-electron chi connectivity index (χ1n) is 6.34. The van der Waals surface area contributed by atoms with Crippen LogP contribution in [0.2, 0.25) is 0 Å². The van der Waals surface area contributed by atoms with Crippen LogP contribution in [0.3, 0.4) is 0 Å². The van der Waals surface area contributed by atoms with Gasteiger partial charge >= 0.3 is 35.8 Å². The van der Waals surface area contributed by atoms with Gasteiger partial charge in [-0.1, -0.05) is 0 Å². The maximum Gasteiger partial charge on any atom is 0.336 e. The standard InChI is InChI=1S/2C6H8O7.3Mo/c2*7-3(8)1-6(13,5(11)12)2-4(9)10;;;/h2*13H,1-2H2,(H,7,8)(H,9,10)(H,11,12);;;. The number of carbonyl (C=O) groups is 6. The average molecular weight is 672 g/mol. The predicted octanol–water partition coefficient (Wildman–Crippen LogP) is -2.50. The second-order valence-electron chi connectivity index (χ2n) is 4.96. The molecule has 14 nitrogen and oxygen atoms in total. The van der Waals surface area contributed by atoms with Gasteiger partial charge in [-0.2, -0.15) is 0 Å². The number of aliphatic hydroxyl groups is 2. The van der Waals surface area contributed by atoms with Crippen molar-refractivity contribution in [3.63, 3.8) is 0 Å². The van der Waals surface area contributed by atoms with Crippen molar-refractivity contribution in [3.8, 4) is 0 Å². The summed E-state index contributed by atoms with van der Waals surface area (Å²) in [5.41, 5.74) is -5.48. The first kappa shape index (κ1) is 38.4. The topological polar surface area (TPSA) is 264 Å². The zero-order valence-corrected chi connectivity index (χ0v) is 20.1. The Morgan fingerprint density at radius 2 is 0.586 bits per heavy atom. The molecule has 17 heteroatoms. The van der Waals surface area contributed by atoms with Gasteiger partial charge in [0, 0.05) is 63.2 Å². The van der Waals surface area contributed by atoms with Gasteiger partial charge < -0.3 is 40.9 Å². The van der Waals surface area contributed by atoms with Gasteiger partial charge in [0.1, 0.15) is 0 Å². The summed E-state index contributed by atoms with van der Waals surface area (Å²) in [6, 6.07) is 0. The second-order valence-corrected chi connectivity index (χ2v) is 4.96. The third-order valence-electron chi connectivity index (χ3n) is 2.57. The van der Waals surface area contributed by atoms with Crippen molar-refractivity contribution in [1.29, 1.82) is 0 Å². The van der Waals surface area contributed by atoms with Crippen LogP contribution < -0.4 is 0 Å². The number of carboxylic acid groups (broad SMARTS) is 6. The molecule has 0 bridgehead atoms. The van der Waals surface area contributed by atoms with Crippen molar-refractivity contribution in [3.05, 3.63) is 0 Å². The summed E-state index contributed by atoms with van der Waals surface area (Å²) in [4.78, 5) is 61.0. The molecule has 0 spiro atoms. The monoisotopic (exact) mass is 678 g/mol. The Hall–Kier alpha value is -1.20. The van der Waals surface area contributed by atoms with Gasteiger partial charge in [0.15, 0.2) is 11.2 Å². The number of hydrogen-bond acceptors (Lipinski definition) is 8. The van der Waals surface area contributed by atoms with Crippen molar-refractivity contribution in [2.45, 2.75) is 36.9 Å². The number of aliphatic carboxylic acids is 6. The van der Waals surface area contributed by atoms with Crippen LogP contribution >= 0.6 is 0 Å². The fourth-order valence-corrected chi connectivity index (χ4v) is 1.43. The average Bonchev–Trinajstić information content (AvgIpc) is 2.34. The van der Waals surface area contributed by atoms with E-state index in [0.717, 1.165) is 0 Å². The molecule has 0 radical (unpaired) electrons. The molecular weight excluding hydrogens is 656 g/mol. The van der Waals surface area contributed by atoms with Crippen LogP contribution in [0.5, 0.6) is 0 Å². The van der Waals surface area contributed by atoms with Crippen molar-refractivity contribution in [2.24, 2.45) is 0 Å². The zero-order valence-electron chi connectivity index (χ0n) is 14.1. The van der Waals surface area contributed by atoms with Crippen molar-refractivity contribution in [2.75, 3.05) is 0 Å². The van der Waals surface area contributed by atoms with Gasteiger partial charge in [-0.3, -0.25) is 19.2 Å². The molecule has 0 aromatic carbocycles. The Morgan fingerprint density at radius 3 is 0.655 bits per heavy atom. The van der Waals surface area contributed by atoms with Crippen molar-refractivity contribution >= 4 is 35.8 Å². The number of carboxylic acids is 6. The van der Waals surface area contributed by atoms with Crippen LogP contribution in [0.4, 0.5) is 0 Å². The fourth-order valence-electron chi connectivity index (χ4n) is 1.43. The van der Waals surface area contributed by atoms with E-state index in [1.807, 2.05) is 0 Å². The number of hydrogen-bond donors (Lipinski definition) is 8. The van der Waals surface area contributed by atoms with Crippen molar-refractivity contribution in [1.82, 2.24) is 0 Å². The van der Waals surface area contributed by atoms with E-state index in [1.54, 1.807) is 0 Å². The second kappa shape index (κ2) is 16.6. The largest absolute Gasteiger partial charge is 0.481 e. The van der Waals surface area contributed by atoms with Crippen LogP contribution in [0, 0.1) is 0 Å². The molecule has 0 amide bonds. The van der Waals surface area contributed by atoms with Gasteiger partial charge in [0.2, 0.25) is 0 Å². The molecule has 0 unspecified atom stereocenters. The molecule has 0 aromatic rings. The maximum absolute atomic E-state index is 10.3. The van der Waals surface area contributed by atoms with Crippen LogP contribution in [0.15, 0.2) is 0 Å². The molecule has 0 aliphatic carbocycles. The van der Waals surface area contributed by atoms with E-state index in [0.29, 0.717) is 0 Å². The molecule has 0 atom stereocenters. The summed E-state index contributed by atoms with van der Waals surface area (Å²) in [6.07, 6.45) is -4.58. The van der Waals surface area contributed by atoms with Crippen LogP contribution in [-0.4, -0.2) is 87.9 Å². The summed E-state index contributed by atoms with van der Waals surface area (Å²) in [6.45, 7) is 0. The van der Waals surface area contributed by atoms with E-state index in [-0.39, 0.29) is 63.2 Å². The Bertz CT molecular complexity index is 521. The first-order chi connectivity index (χ1) is 11.6. The Balaban J connectivity index is -0.000000120. The van der Waals surface area contributed by atoms with E-state index in [4.69, 9.17) is 40.9 Å². The third kappa shape index (κ3) is 17.4. The van der Waals surface area contributed by atoms with E-state index in [9.17, 15) is 28.8 Å². The Labute approximate surface area is 204 Å². The fraction of sp³-hybridized carbons (Fsp3) is 0.500. The third-order valence-corrected chi connectivity index (χ3v) is 2.57. The molecular formula is C12H16Mo3O14. The van der Waals surface area contributed by atoms with Gasteiger partial charge in [-0.05, 0) is 0 Å². The molecule has 8 N–H and O–H groups in total. The predicted molar refractivity (Wildman–Crippen MR) is 74.2 cm³/mol. The first-order valence-corrected chi connectivity index (χ1v) is 6.34. The van der Waals surface area contributed by atoms with E-state index < -0.39 is 72.7 Å². The smallest absolute Gasteiger partial charge is 0.336 e. The molecule has 0 aliphatic rings. The van der Waals surface area contributed by atoms with Gasteiger partial charge in [0.25, 0.3) is 0 Å². The zero-order chi connectivity index (χ0) is 21.3. The summed E-state index contributed by atoms with van der Waals surface area (Å²) in [5.74, 6) is -10.0. The van der Waals surface area contributed by atoms with Gasteiger partial charge in [0.05, 0.1) is 25.7 Å². The van der Waals surface area contributed by atoms with Gasteiger partial charge in [-0.25, -0.2) is 9.59 Å². The molecule has 0 saturated heterocycles.